The molecular formula is C14H15NO2S. The number of hydrogen-bond acceptors (Lipinski definition) is 2. The van der Waals surface area contributed by atoms with Gasteiger partial charge in [0.15, 0.2) is 0 Å². The number of anilines is 1. The maximum absolute atomic E-state index is 10.8. The van der Waals surface area contributed by atoms with Gasteiger partial charge in [-0.1, -0.05) is 44.2 Å². The van der Waals surface area contributed by atoms with Crippen LogP contribution in [0.1, 0.15) is 24.6 Å². The van der Waals surface area contributed by atoms with Gasteiger partial charge in [-0.05, 0) is 17.5 Å². The molecular weight excluding hydrogens is 246 g/mol. The zero-order valence-electron chi connectivity index (χ0n) is 10.3. The molecule has 18 heavy (non-hydrogen) atoms. The number of thiophene rings is 1. The fraction of sp³-hybridized carbons (Fsp3) is 0.214. The van der Waals surface area contributed by atoms with E-state index in [1.807, 2.05) is 36.4 Å². The van der Waals surface area contributed by atoms with Crippen LogP contribution in [0.5, 0.6) is 0 Å². The number of hydrogen-bond donors (Lipinski definition) is 2. The van der Waals surface area contributed by atoms with Crippen LogP contribution in [-0.2, 0) is 0 Å². The Balaban J connectivity index is 2.47. The average Bonchev–Trinajstić information content (AvgIpc) is 2.73. The van der Waals surface area contributed by atoms with Crippen LogP contribution in [0.15, 0.2) is 36.4 Å². The lowest BCUT2D eigenvalue weighted by Crippen LogP contribution is -2.06. The van der Waals surface area contributed by atoms with E-state index >= 15 is 0 Å². The van der Waals surface area contributed by atoms with Gasteiger partial charge in [0.05, 0.1) is 10.6 Å². The highest BCUT2D eigenvalue weighted by atomic mass is 32.1. The molecule has 3 nitrogen and oxygen atoms in total. The zero-order chi connectivity index (χ0) is 13.1. The SMILES string of the molecule is CC(C)c1cc(NC(=O)O)c(-c2ccccc2)s1. The lowest BCUT2D eigenvalue weighted by molar-refractivity contribution is 0.210. The van der Waals surface area contributed by atoms with Crippen molar-refractivity contribution < 1.29 is 9.90 Å². The predicted molar refractivity (Wildman–Crippen MR) is 75.5 cm³/mol. The number of nitrogens with one attached hydrogen (secondary N) is 1. The van der Waals surface area contributed by atoms with Gasteiger partial charge in [-0.2, -0.15) is 0 Å². The Kier molecular flexibility index (Phi) is 3.67. The molecule has 1 amide bonds. The summed E-state index contributed by atoms with van der Waals surface area (Å²) in [4.78, 5) is 13.0. The minimum atomic E-state index is -1.03. The van der Waals surface area contributed by atoms with Gasteiger partial charge in [-0.3, -0.25) is 5.32 Å². The van der Waals surface area contributed by atoms with E-state index in [1.165, 1.54) is 4.88 Å². The summed E-state index contributed by atoms with van der Waals surface area (Å²) in [5.74, 6) is 0.391. The van der Waals surface area contributed by atoms with E-state index < -0.39 is 6.09 Å². The quantitative estimate of drug-likeness (QED) is 0.846. The molecule has 4 heteroatoms. The fourth-order valence-electron chi connectivity index (χ4n) is 1.71. The Labute approximate surface area is 110 Å². The second kappa shape index (κ2) is 5.23. The van der Waals surface area contributed by atoms with Crippen molar-refractivity contribution in [2.24, 2.45) is 0 Å². The molecule has 0 aliphatic rings. The summed E-state index contributed by atoms with van der Waals surface area (Å²) < 4.78 is 0. The third kappa shape index (κ3) is 2.71. The topological polar surface area (TPSA) is 49.3 Å². The van der Waals surface area contributed by atoms with Crippen molar-refractivity contribution in [3.05, 3.63) is 41.3 Å². The van der Waals surface area contributed by atoms with Crippen LogP contribution in [-0.4, -0.2) is 11.2 Å². The van der Waals surface area contributed by atoms with Crippen LogP contribution in [0.4, 0.5) is 10.5 Å². The predicted octanol–water partition coefficient (Wildman–Crippen LogP) is 4.63. The Morgan fingerprint density at radius 2 is 1.94 bits per heavy atom. The summed E-state index contributed by atoms with van der Waals surface area (Å²) in [6, 6.07) is 11.8. The molecule has 0 saturated carbocycles. The highest BCUT2D eigenvalue weighted by Crippen LogP contribution is 2.39. The average molecular weight is 261 g/mol. The number of benzene rings is 1. The molecule has 0 fully saturated rings. The lowest BCUT2D eigenvalue weighted by Gasteiger charge is -2.02. The molecule has 1 aromatic carbocycles. The summed E-state index contributed by atoms with van der Waals surface area (Å²) in [6.07, 6.45) is -1.03. The summed E-state index contributed by atoms with van der Waals surface area (Å²) in [7, 11) is 0. The van der Waals surface area contributed by atoms with Crippen molar-refractivity contribution in [1.82, 2.24) is 0 Å². The number of amides is 1. The Bertz CT molecular complexity index is 546. The molecule has 0 atom stereocenters. The van der Waals surface area contributed by atoms with Crippen molar-refractivity contribution in [2.75, 3.05) is 5.32 Å². The summed E-state index contributed by atoms with van der Waals surface area (Å²) >= 11 is 1.64. The molecule has 0 aliphatic heterocycles. The first kappa shape index (κ1) is 12.6. The number of carbonyl (C=O) groups is 1. The molecule has 0 spiro atoms. The van der Waals surface area contributed by atoms with Crippen molar-refractivity contribution >= 4 is 23.1 Å². The molecule has 1 aromatic heterocycles. The van der Waals surface area contributed by atoms with Gasteiger partial charge in [-0.25, -0.2) is 4.79 Å². The second-order valence-electron chi connectivity index (χ2n) is 4.34. The fourth-order valence-corrected chi connectivity index (χ4v) is 2.83. The van der Waals surface area contributed by atoms with Gasteiger partial charge in [0.2, 0.25) is 0 Å². The minimum absolute atomic E-state index is 0.391. The molecule has 94 valence electrons. The van der Waals surface area contributed by atoms with Crippen LogP contribution in [0.25, 0.3) is 10.4 Å². The third-order valence-electron chi connectivity index (χ3n) is 2.60. The van der Waals surface area contributed by atoms with Gasteiger partial charge in [0, 0.05) is 4.88 Å². The molecule has 1 heterocycles. The summed E-state index contributed by atoms with van der Waals surface area (Å²) in [6.45, 7) is 4.20. The largest absolute Gasteiger partial charge is 0.465 e. The van der Waals surface area contributed by atoms with Gasteiger partial charge in [-0.15, -0.1) is 11.3 Å². The van der Waals surface area contributed by atoms with E-state index in [-0.39, 0.29) is 0 Å². The van der Waals surface area contributed by atoms with Crippen molar-refractivity contribution in [1.29, 1.82) is 0 Å². The standard InChI is InChI=1S/C14H15NO2S/c1-9(2)12-8-11(15-14(16)17)13(18-12)10-6-4-3-5-7-10/h3-9,15H,1-2H3,(H,16,17). The van der Waals surface area contributed by atoms with E-state index in [1.54, 1.807) is 11.3 Å². The van der Waals surface area contributed by atoms with Gasteiger partial charge in [0.1, 0.15) is 0 Å². The van der Waals surface area contributed by atoms with Gasteiger partial charge >= 0.3 is 6.09 Å². The molecule has 0 radical (unpaired) electrons. The smallest absolute Gasteiger partial charge is 0.409 e. The van der Waals surface area contributed by atoms with E-state index in [9.17, 15) is 4.79 Å². The van der Waals surface area contributed by atoms with Gasteiger partial charge in [0.25, 0.3) is 0 Å². The molecule has 2 N–H and O–H groups in total. The van der Waals surface area contributed by atoms with Gasteiger partial charge < -0.3 is 5.11 Å². The van der Waals surface area contributed by atoms with Crippen LogP contribution in [0, 0.1) is 0 Å². The normalized spacial score (nSPS) is 10.6. The third-order valence-corrected chi connectivity index (χ3v) is 4.08. The maximum Gasteiger partial charge on any atom is 0.409 e. The molecule has 0 bridgehead atoms. The minimum Gasteiger partial charge on any atom is -0.465 e. The second-order valence-corrected chi connectivity index (χ2v) is 5.43. The molecule has 0 aliphatic carbocycles. The first-order chi connectivity index (χ1) is 8.58. The first-order valence-electron chi connectivity index (χ1n) is 5.77. The van der Waals surface area contributed by atoms with E-state index in [4.69, 9.17) is 5.11 Å². The summed E-state index contributed by atoms with van der Waals surface area (Å²) in [5, 5.41) is 11.4. The molecule has 2 rings (SSSR count). The Hall–Kier alpha value is -1.81. The molecule has 0 unspecified atom stereocenters. The Morgan fingerprint density at radius 3 is 2.50 bits per heavy atom. The van der Waals surface area contributed by atoms with Crippen LogP contribution in [0.2, 0.25) is 0 Å². The first-order valence-corrected chi connectivity index (χ1v) is 6.58. The van der Waals surface area contributed by atoms with Crippen LogP contribution in [0.3, 0.4) is 0 Å². The van der Waals surface area contributed by atoms with Crippen molar-refractivity contribution in [3.8, 4) is 10.4 Å². The maximum atomic E-state index is 10.8. The zero-order valence-corrected chi connectivity index (χ0v) is 11.1. The van der Waals surface area contributed by atoms with Crippen molar-refractivity contribution in [3.63, 3.8) is 0 Å². The monoisotopic (exact) mass is 261 g/mol. The highest BCUT2D eigenvalue weighted by molar-refractivity contribution is 7.16. The Morgan fingerprint density at radius 1 is 1.28 bits per heavy atom. The van der Waals surface area contributed by atoms with E-state index in [0.717, 1.165) is 10.4 Å². The number of rotatable bonds is 3. The van der Waals surface area contributed by atoms with E-state index in [2.05, 4.69) is 19.2 Å². The van der Waals surface area contributed by atoms with Crippen LogP contribution < -0.4 is 5.32 Å². The molecule has 2 aromatic rings. The van der Waals surface area contributed by atoms with E-state index in [0.29, 0.717) is 11.6 Å². The highest BCUT2D eigenvalue weighted by Gasteiger charge is 2.14. The molecule has 0 saturated heterocycles. The van der Waals surface area contributed by atoms with Crippen molar-refractivity contribution in [2.45, 2.75) is 19.8 Å². The van der Waals surface area contributed by atoms with Crippen LogP contribution >= 0.6 is 11.3 Å². The summed E-state index contributed by atoms with van der Waals surface area (Å²) in [5.41, 5.74) is 1.71. The lowest BCUT2D eigenvalue weighted by atomic mass is 10.1. The number of carboxylic acid groups (broad SMARTS) is 1.